The average Bonchev–Trinajstić information content (AvgIpc) is 3.44. The molecule has 0 bridgehead atoms. The predicted octanol–water partition coefficient (Wildman–Crippen LogP) is 2.69. The molecule has 27 heavy (non-hydrogen) atoms. The Kier molecular flexibility index (Phi) is 4.81. The molecule has 0 radical (unpaired) electrons. The number of hydrogen-bond donors (Lipinski definition) is 2. The minimum absolute atomic E-state index is 0.0588. The van der Waals surface area contributed by atoms with E-state index < -0.39 is 0 Å². The standard InChI is InChI=1S/C21H24N4O2/c1-14-5-8-20-23-17(12-25(20)11-14)13-27-18-4-2-3-16(9-18)21(26)24-19(10-22)15-6-7-15/h2-5,8-9,11-12,15,19H,6-7,10,13,22H2,1H3,(H,24,26). The highest BCUT2D eigenvalue weighted by atomic mass is 16.5. The van der Waals surface area contributed by atoms with E-state index in [2.05, 4.69) is 10.3 Å². The summed E-state index contributed by atoms with van der Waals surface area (Å²) in [6.07, 6.45) is 6.28. The Balaban J connectivity index is 1.41. The zero-order valence-electron chi connectivity index (χ0n) is 15.4. The molecule has 1 aliphatic rings. The van der Waals surface area contributed by atoms with E-state index in [1.165, 1.54) is 5.56 Å². The van der Waals surface area contributed by atoms with Crippen LogP contribution in [0.4, 0.5) is 0 Å². The molecule has 1 atom stereocenters. The number of imidazole rings is 1. The van der Waals surface area contributed by atoms with Crippen LogP contribution in [0.5, 0.6) is 5.75 Å². The zero-order chi connectivity index (χ0) is 18.8. The minimum atomic E-state index is -0.106. The maximum Gasteiger partial charge on any atom is 0.251 e. The van der Waals surface area contributed by atoms with Crippen molar-refractivity contribution in [2.75, 3.05) is 6.54 Å². The highest BCUT2D eigenvalue weighted by molar-refractivity contribution is 5.94. The van der Waals surface area contributed by atoms with Crippen molar-refractivity contribution in [3.05, 3.63) is 65.6 Å². The predicted molar refractivity (Wildman–Crippen MR) is 104 cm³/mol. The molecule has 3 N–H and O–H groups in total. The molecule has 1 unspecified atom stereocenters. The van der Waals surface area contributed by atoms with E-state index in [0.29, 0.717) is 30.4 Å². The first kappa shape index (κ1) is 17.5. The third kappa shape index (κ3) is 4.11. The second-order valence-corrected chi connectivity index (χ2v) is 7.17. The molecular formula is C21H24N4O2. The summed E-state index contributed by atoms with van der Waals surface area (Å²) < 4.78 is 7.84. The number of carbonyl (C=O) groups excluding carboxylic acids is 1. The Morgan fingerprint density at radius 2 is 2.19 bits per heavy atom. The molecule has 140 valence electrons. The molecule has 1 amide bonds. The van der Waals surface area contributed by atoms with Gasteiger partial charge in [-0.05, 0) is 55.5 Å². The quantitative estimate of drug-likeness (QED) is 0.675. The Labute approximate surface area is 158 Å². The van der Waals surface area contributed by atoms with Gasteiger partial charge in [-0.25, -0.2) is 4.98 Å². The third-order valence-corrected chi connectivity index (χ3v) is 4.89. The lowest BCUT2D eigenvalue weighted by molar-refractivity contribution is 0.0933. The number of fused-ring (bicyclic) bond motifs is 1. The number of benzene rings is 1. The number of amides is 1. The van der Waals surface area contributed by atoms with Crippen LogP contribution in [-0.2, 0) is 6.61 Å². The van der Waals surface area contributed by atoms with Crippen LogP contribution >= 0.6 is 0 Å². The van der Waals surface area contributed by atoms with Gasteiger partial charge in [-0.3, -0.25) is 4.79 Å². The maximum absolute atomic E-state index is 12.5. The van der Waals surface area contributed by atoms with Crippen LogP contribution in [0.25, 0.3) is 5.65 Å². The van der Waals surface area contributed by atoms with Gasteiger partial charge in [0.2, 0.25) is 0 Å². The van der Waals surface area contributed by atoms with E-state index in [1.54, 1.807) is 12.1 Å². The lowest BCUT2D eigenvalue weighted by Crippen LogP contribution is -2.41. The second kappa shape index (κ2) is 7.40. The van der Waals surface area contributed by atoms with Crippen LogP contribution in [0.1, 0.15) is 34.5 Å². The SMILES string of the molecule is Cc1ccc2nc(COc3cccc(C(=O)NC(CN)C4CC4)c3)cn2c1. The fraction of sp³-hybridized carbons (Fsp3) is 0.333. The third-order valence-electron chi connectivity index (χ3n) is 4.89. The molecule has 4 rings (SSSR count). The number of rotatable bonds is 7. The van der Waals surface area contributed by atoms with Crippen molar-refractivity contribution >= 4 is 11.6 Å². The number of nitrogens with two attached hydrogens (primary N) is 1. The summed E-state index contributed by atoms with van der Waals surface area (Å²) in [4.78, 5) is 17.0. The first-order valence-corrected chi connectivity index (χ1v) is 9.30. The van der Waals surface area contributed by atoms with Gasteiger partial charge < -0.3 is 20.2 Å². The Morgan fingerprint density at radius 1 is 1.33 bits per heavy atom. The molecule has 0 saturated heterocycles. The Morgan fingerprint density at radius 3 is 2.96 bits per heavy atom. The van der Waals surface area contributed by atoms with Crippen LogP contribution in [-0.4, -0.2) is 27.9 Å². The van der Waals surface area contributed by atoms with Gasteiger partial charge in [0, 0.05) is 30.5 Å². The van der Waals surface area contributed by atoms with Gasteiger partial charge in [-0.2, -0.15) is 0 Å². The first-order chi connectivity index (χ1) is 13.1. The summed E-state index contributed by atoms with van der Waals surface area (Å²) in [5.41, 5.74) is 9.26. The van der Waals surface area contributed by atoms with Gasteiger partial charge >= 0.3 is 0 Å². The molecule has 0 spiro atoms. The first-order valence-electron chi connectivity index (χ1n) is 9.30. The monoisotopic (exact) mass is 364 g/mol. The highest BCUT2D eigenvalue weighted by Crippen LogP contribution is 2.32. The number of aryl methyl sites for hydroxylation is 1. The smallest absolute Gasteiger partial charge is 0.251 e. The van der Waals surface area contributed by atoms with Crippen LogP contribution in [0.3, 0.4) is 0 Å². The highest BCUT2D eigenvalue weighted by Gasteiger charge is 2.31. The molecular weight excluding hydrogens is 340 g/mol. The molecule has 2 heterocycles. The van der Waals surface area contributed by atoms with Crippen LogP contribution in [0.15, 0.2) is 48.8 Å². The van der Waals surface area contributed by atoms with Crippen molar-refractivity contribution in [3.8, 4) is 5.75 Å². The van der Waals surface area contributed by atoms with Crippen LogP contribution in [0.2, 0.25) is 0 Å². The number of nitrogens with zero attached hydrogens (tertiary/aromatic N) is 2. The van der Waals surface area contributed by atoms with Crippen molar-refractivity contribution in [2.45, 2.75) is 32.4 Å². The summed E-state index contributed by atoms with van der Waals surface area (Å²) in [6.45, 7) is 2.86. The second-order valence-electron chi connectivity index (χ2n) is 7.17. The molecule has 0 aliphatic heterocycles. The van der Waals surface area contributed by atoms with E-state index in [-0.39, 0.29) is 11.9 Å². The van der Waals surface area contributed by atoms with Gasteiger partial charge in [0.25, 0.3) is 5.91 Å². The summed E-state index contributed by atoms with van der Waals surface area (Å²) in [6, 6.07) is 11.3. The molecule has 1 saturated carbocycles. The average molecular weight is 364 g/mol. The number of aromatic nitrogens is 2. The van der Waals surface area contributed by atoms with Crippen molar-refractivity contribution < 1.29 is 9.53 Å². The van der Waals surface area contributed by atoms with Gasteiger partial charge in [0.1, 0.15) is 18.0 Å². The summed E-state index contributed by atoms with van der Waals surface area (Å²) >= 11 is 0. The van der Waals surface area contributed by atoms with Crippen LogP contribution in [0, 0.1) is 12.8 Å². The molecule has 1 aliphatic carbocycles. The number of carbonyl (C=O) groups is 1. The van der Waals surface area contributed by atoms with E-state index in [4.69, 9.17) is 10.5 Å². The van der Waals surface area contributed by atoms with Crippen molar-refractivity contribution in [2.24, 2.45) is 11.7 Å². The van der Waals surface area contributed by atoms with E-state index in [1.807, 2.05) is 48.0 Å². The fourth-order valence-corrected chi connectivity index (χ4v) is 3.23. The lowest BCUT2D eigenvalue weighted by Gasteiger charge is -2.16. The van der Waals surface area contributed by atoms with Crippen LogP contribution < -0.4 is 15.8 Å². The Bertz CT molecular complexity index is 962. The molecule has 1 fully saturated rings. The lowest BCUT2D eigenvalue weighted by atomic mass is 10.1. The van der Waals surface area contributed by atoms with Gasteiger partial charge in [-0.1, -0.05) is 12.1 Å². The number of ether oxygens (including phenoxy) is 1. The largest absolute Gasteiger partial charge is 0.487 e. The van der Waals surface area contributed by atoms with Crippen molar-refractivity contribution in [1.29, 1.82) is 0 Å². The summed E-state index contributed by atoms with van der Waals surface area (Å²) in [7, 11) is 0. The summed E-state index contributed by atoms with van der Waals surface area (Å²) in [5.74, 6) is 1.06. The summed E-state index contributed by atoms with van der Waals surface area (Å²) in [5, 5.41) is 3.03. The van der Waals surface area contributed by atoms with E-state index >= 15 is 0 Å². The molecule has 2 aromatic heterocycles. The number of pyridine rings is 1. The van der Waals surface area contributed by atoms with Gasteiger partial charge in [-0.15, -0.1) is 0 Å². The maximum atomic E-state index is 12.5. The van der Waals surface area contributed by atoms with Gasteiger partial charge in [0.05, 0.1) is 5.69 Å². The normalized spacial score (nSPS) is 14.9. The number of hydrogen-bond acceptors (Lipinski definition) is 4. The van der Waals surface area contributed by atoms with Crippen molar-refractivity contribution in [3.63, 3.8) is 0 Å². The topological polar surface area (TPSA) is 81.6 Å². The minimum Gasteiger partial charge on any atom is -0.487 e. The molecule has 6 heteroatoms. The van der Waals surface area contributed by atoms with Gasteiger partial charge in [0.15, 0.2) is 0 Å². The number of nitrogens with one attached hydrogen (secondary N) is 1. The fourth-order valence-electron chi connectivity index (χ4n) is 3.23. The van der Waals surface area contributed by atoms with E-state index in [0.717, 1.165) is 24.2 Å². The molecule has 1 aromatic carbocycles. The molecule has 6 nitrogen and oxygen atoms in total. The zero-order valence-corrected chi connectivity index (χ0v) is 15.4. The van der Waals surface area contributed by atoms with Crippen molar-refractivity contribution in [1.82, 2.24) is 14.7 Å². The van der Waals surface area contributed by atoms with E-state index in [9.17, 15) is 4.79 Å². The molecule has 3 aromatic rings. The Hall–Kier alpha value is -2.86.